The first-order valence-electron chi connectivity index (χ1n) is 9.33. The maximum absolute atomic E-state index is 12.1. The summed E-state index contributed by atoms with van der Waals surface area (Å²) in [6.07, 6.45) is 1.27. The van der Waals surface area contributed by atoms with E-state index in [0.29, 0.717) is 17.9 Å². The van der Waals surface area contributed by atoms with E-state index in [-0.39, 0.29) is 11.7 Å². The van der Waals surface area contributed by atoms with Crippen molar-refractivity contribution in [2.45, 2.75) is 32.4 Å². The molecule has 1 aliphatic heterocycles. The third-order valence-corrected chi connectivity index (χ3v) is 4.00. The number of nitro benzene ring substituents is 1. The fraction of sp³-hybridized carbons (Fsp3) is 0.300. The molecule has 0 radical (unpaired) electrons. The van der Waals surface area contributed by atoms with Crippen molar-refractivity contribution < 1.29 is 19.1 Å². The second-order valence-electron chi connectivity index (χ2n) is 7.59. The fourth-order valence-electron chi connectivity index (χ4n) is 2.68. The zero-order valence-corrected chi connectivity index (χ0v) is 16.9. The van der Waals surface area contributed by atoms with Gasteiger partial charge in [-0.15, -0.1) is 4.68 Å². The van der Waals surface area contributed by atoms with Crippen molar-refractivity contribution in [3.05, 3.63) is 58.6 Å². The molecule has 0 bridgehead atoms. The third kappa shape index (κ3) is 5.60. The van der Waals surface area contributed by atoms with E-state index in [1.54, 1.807) is 49.9 Å². The number of ether oxygens (including phenoxy) is 1. The van der Waals surface area contributed by atoms with E-state index in [2.05, 4.69) is 21.0 Å². The Kier molecular flexibility index (Phi) is 6.05. The summed E-state index contributed by atoms with van der Waals surface area (Å²) in [4.78, 5) is 22.4. The summed E-state index contributed by atoms with van der Waals surface area (Å²) in [6, 6.07) is 13.1. The van der Waals surface area contributed by atoms with E-state index in [1.807, 2.05) is 18.2 Å². The van der Waals surface area contributed by atoms with Crippen LogP contribution in [0.1, 0.15) is 20.8 Å². The number of non-ortho nitro benzene ring substituents is 1. The Morgan fingerprint density at radius 2 is 1.83 bits per heavy atom. The molecule has 0 aromatic heterocycles. The van der Waals surface area contributed by atoms with Gasteiger partial charge in [0.25, 0.3) is 5.69 Å². The largest absolute Gasteiger partial charge is 0.444 e. The van der Waals surface area contributed by atoms with Gasteiger partial charge < -0.3 is 10.1 Å². The first kappa shape index (κ1) is 20.9. The van der Waals surface area contributed by atoms with Crippen LogP contribution in [0.4, 0.5) is 27.5 Å². The van der Waals surface area contributed by atoms with E-state index in [1.165, 1.54) is 12.1 Å². The monoisotopic (exact) mass is 411 g/mol. The molecule has 2 aromatic rings. The number of nitro groups is 1. The fourth-order valence-corrected chi connectivity index (χ4v) is 2.68. The molecule has 1 amide bonds. The number of hydrogen-bond donors (Lipinski definition) is 2. The van der Waals surface area contributed by atoms with E-state index < -0.39 is 16.6 Å². The number of nitrogens with zero attached hydrogens (tertiary/aromatic N) is 4. The quantitative estimate of drug-likeness (QED) is 0.411. The van der Waals surface area contributed by atoms with Gasteiger partial charge in [-0.2, -0.15) is 0 Å². The summed E-state index contributed by atoms with van der Waals surface area (Å²) >= 11 is 0. The van der Waals surface area contributed by atoms with Gasteiger partial charge in [0.1, 0.15) is 10.8 Å². The highest BCUT2D eigenvalue weighted by atomic mass is 16.6. The topological polar surface area (TPSA) is 121 Å². The molecule has 0 spiro atoms. The smallest absolute Gasteiger partial charge is 0.412 e. The molecule has 2 N–H and O–H groups in total. The van der Waals surface area contributed by atoms with Crippen molar-refractivity contribution in [2.75, 3.05) is 17.2 Å². The number of para-hydroxylation sites is 2. The second-order valence-corrected chi connectivity index (χ2v) is 7.59. The summed E-state index contributed by atoms with van der Waals surface area (Å²) in [6.45, 7) is 5.84. The molecular weight excluding hydrogens is 388 g/mol. The molecular formula is C20H23N6O4+. The number of anilines is 2. The minimum absolute atomic E-state index is 0.0159. The molecule has 0 fully saturated rings. The lowest BCUT2D eigenvalue weighted by Gasteiger charge is -2.20. The van der Waals surface area contributed by atoms with Gasteiger partial charge >= 0.3 is 6.09 Å². The van der Waals surface area contributed by atoms with E-state index >= 15 is 0 Å². The Hall–Kier alpha value is -3.82. The summed E-state index contributed by atoms with van der Waals surface area (Å²) < 4.78 is 6.86. The number of hydrogen-bond acceptors (Lipinski definition) is 7. The van der Waals surface area contributed by atoms with E-state index in [0.717, 1.165) is 5.69 Å². The molecule has 10 heteroatoms. The van der Waals surface area contributed by atoms with Crippen LogP contribution >= 0.6 is 0 Å². The van der Waals surface area contributed by atoms with Crippen molar-refractivity contribution >= 4 is 35.1 Å². The molecule has 30 heavy (non-hydrogen) atoms. The van der Waals surface area contributed by atoms with Crippen LogP contribution in [0, 0.1) is 10.1 Å². The van der Waals surface area contributed by atoms with Crippen LogP contribution in [0.25, 0.3) is 0 Å². The van der Waals surface area contributed by atoms with Crippen molar-refractivity contribution in [1.82, 2.24) is 0 Å². The normalized spacial score (nSPS) is 15.4. The summed E-state index contributed by atoms with van der Waals surface area (Å²) in [5.41, 5.74) is 1.42. The van der Waals surface area contributed by atoms with Crippen molar-refractivity contribution in [2.24, 2.45) is 10.3 Å². The van der Waals surface area contributed by atoms with Crippen LogP contribution in [0.2, 0.25) is 0 Å². The third-order valence-electron chi connectivity index (χ3n) is 4.00. The first-order valence-corrected chi connectivity index (χ1v) is 9.33. The standard InChI is InChI=1S/C20H22N6O4/c1-20(2,3)30-19(27)22-18-7-5-4-6-17(18)21-12-14-13-25(24-23-14)15-8-10-16(11-9-15)26(28)29/h4-11,13-14H,12H2,1-3H3,(H-,21,22,23,24,27)/p+1. The molecule has 0 saturated carbocycles. The summed E-state index contributed by atoms with van der Waals surface area (Å²) in [5, 5.41) is 25.0. The molecule has 10 nitrogen and oxygen atoms in total. The number of carbonyl (C=O) groups is 1. The van der Waals surface area contributed by atoms with E-state index in [9.17, 15) is 14.9 Å². The van der Waals surface area contributed by atoms with Crippen LogP contribution in [0.3, 0.4) is 0 Å². The van der Waals surface area contributed by atoms with Crippen LogP contribution in [0.15, 0.2) is 58.9 Å². The Morgan fingerprint density at radius 1 is 1.17 bits per heavy atom. The van der Waals surface area contributed by atoms with Gasteiger partial charge in [-0.1, -0.05) is 12.1 Å². The zero-order valence-electron chi connectivity index (χ0n) is 16.9. The minimum Gasteiger partial charge on any atom is -0.444 e. The molecule has 2 aromatic carbocycles. The molecule has 156 valence electrons. The highest BCUT2D eigenvalue weighted by Crippen LogP contribution is 2.23. The van der Waals surface area contributed by atoms with Gasteiger partial charge in [-0.05, 0) is 45.0 Å². The van der Waals surface area contributed by atoms with Crippen molar-refractivity contribution in [3.63, 3.8) is 0 Å². The minimum atomic E-state index is -0.590. The highest BCUT2D eigenvalue weighted by molar-refractivity contribution is 5.89. The summed E-state index contributed by atoms with van der Waals surface area (Å²) in [5.74, 6) is 0. The average molecular weight is 411 g/mol. The molecule has 0 saturated heterocycles. The number of rotatable bonds is 6. The lowest BCUT2D eigenvalue weighted by Crippen LogP contribution is -2.27. The predicted octanol–water partition coefficient (Wildman–Crippen LogP) is 4.52. The van der Waals surface area contributed by atoms with Crippen LogP contribution in [-0.2, 0) is 4.74 Å². The number of benzene rings is 2. The number of nitrogens with one attached hydrogen (secondary N) is 2. The van der Waals surface area contributed by atoms with Crippen LogP contribution < -0.4 is 10.6 Å². The Morgan fingerprint density at radius 3 is 2.47 bits per heavy atom. The van der Waals surface area contributed by atoms with Crippen molar-refractivity contribution in [1.29, 1.82) is 0 Å². The van der Waals surface area contributed by atoms with Gasteiger partial charge in [-0.25, -0.2) is 4.79 Å². The van der Waals surface area contributed by atoms with Gasteiger partial charge in [-0.3, -0.25) is 15.4 Å². The maximum atomic E-state index is 12.1. The first-order chi connectivity index (χ1) is 14.2. The van der Waals surface area contributed by atoms with E-state index in [4.69, 9.17) is 4.74 Å². The Balaban J connectivity index is 1.62. The summed E-state index contributed by atoms with van der Waals surface area (Å²) in [7, 11) is 0. The van der Waals surface area contributed by atoms with Crippen LogP contribution in [0.5, 0.6) is 0 Å². The Labute approximate surface area is 173 Å². The van der Waals surface area contributed by atoms with Gasteiger partial charge in [0.15, 0.2) is 11.9 Å². The average Bonchev–Trinajstić information content (AvgIpc) is 3.15. The van der Waals surface area contributed by atoms with Gasteiger partial charge in [0.05, 0.1) is 22.8 Å². The lowest BCUT2D eigenvalue weighted by atomic mass is 10.2. The maximum Gasteiger partial charge on any atom is 0.412 e. The molecule has 1 heterocycles. The molecule has 1 atom stereocenters. The molecule has 0 aliphatic carbocycles. The van der Waals surface area contributed by atoms with Crippen molar-refractivity contribution in [3.8, 4) is 0 Å². The molecule has 3 rings (SSSR count). The van der Waals surface area contributed by atoms with Crippen LogP contribution in [-0.4, -0.2) is 40.1 Å². The molecule has 1 unspecified atom stereocenters. The van der Waals surface area contributed by atoms with Gasteiger partial charge in [0, 0.05) is 17.2 Å². The Bertz CT molecular complexity index is 995. The van der Waals surface area contributed by atoms with Gasteiger partial charge in [0.2, 0.25) is 6.04 Å². The highest BCUT2D eigenvalue weighted by Gasteiger charge is 2.24. The number of carbonyl (C=O) groups excluding carboxylic acids is 1. The second kappa shape index (κ2) is 8.68. The SMILES string of the molecule is CC(C)(C)OC(=O)Nc1ccccc1NCC1C=[N+](c2ccc([N+](=O)[O-])cc2)N=N1. The number of amides is 1. The molecule has 1 aliphatic rings. The predicted molar refractivity (Wildman–Crippen MR) is 113 cm³/mol. The lowest BCUT2D eigenvalue weighted by molar-refractivity contribution is -0.444. The zero-order chi connectivity index (χ0) is 21.7.